The largest absolute Gasteiger partial charge is 0.324 e. The van der Waals surface area contributed by atoms with E-state index in [0.29, 0.717) is 28.2 Å². The molecular weight excluding hydrogens is 235 g/mol. The Labute approximate surface area is 96.4 Å². The highest BCUT2D eigenvalue weighted by Crippen LogP contribution is 2.27. The second kappa shape index (κ2) is 4.18. The van der Waals surface area contributed by atoms with Crippen LogP contribution in [-0.2, 0) is 6.54 Å². The third-order valence-electron chi connectivity index (χ3n) is 1.90. The van der Waals surface area contributed by atoms with Gasteiger partial charge in [0.25, 0.3) is 0 Å². The van der Waals surface area contributed by atoms with Crippen molar-refractivity contribution < 1.29 is 0 Å². The topological polar surface area (TPSA) is 67.6 Å². The molecule has 1 aromatic heterocycles. The molecule has 1 aromatic carbocycles. The zero-order valence-corrected chi connectivity index (χ0v) is 9.18. The molecule has 0 saturated carbocycles. The van der Waals surface area contributed by atoms with Gasteiger partial charge in [-0.2, -0.15) is 5.10 Å². The molecule has 0 saturated heterocycles. The molecule has 15 heavy (non-hydrogen) atoms. The van der Waals surface area contributed by atoms with E-state index in [1.54, 1.807) is 18.2 Å². The number of aromatic nitrogens is 3. The Hall–Kier alpha value is -1.10. The molecule has 0 aliphatic carbocycles. The number of hydrogen-bond acceptors (Lipinski definition) is 3. The van der Waals surface area contributed by atoms with Crippen molar-refractivity contribution in [3.05, 3.63) is 34.1 Å². The van der Waals surface area contributed by atoms with Gasteiger partial charge in [0.2, 0.25) is 0 Å². The normalized spacial score (nSPS) is 10.6. The van der Waals surface area contributed by atoms with Crippen molar-refractivity contribution in [2.24, 2.45) is 5.73 Å². The molecule has 3 N–H and O–H groups in total. The number of nitrogens with zero attached hydrogens (tertiary/aromatic N) is 2. The highest BCUT2D eigenvalue weighted by Gasteiger charge is 2.09. The van der Waals surface area contributed by atoms with E-state index in [4.69, 9.17) is 28.9 Å². The average Bonchev–Trinajstić information content (AvgIpc) is 2.66. The maximum absolute atomic E-state index is 6.01. The first-order chi connectivity index (χ1) is 7.20. The van der Waals surface area contributed by atoms with E-state index in [1.807, 2.05) is 0 Å². The van der Waals surface area contributed by atoms with Gasteiger partial charge in [-0.3, -0.25) is 5.10 Å². The SMILES string of the molecule is NCc1nc(-c2ccc(Cl)cc2Cl)n[nH]1. The highest BCUT2D eigenvalue weighted by molar-refractivity contribution is 6.36. The maximum Gasteiger partial charge on any atom is 0.182 e. The van der Waals surface area contributed by atoms with Gasteiger partial charge in [-0.1, -0.05) is 23.2 Å². The van der Waals surface area contributed by atoms with E-state index in [1.165, 1.54) is 0 Å². The zero-order chi connectivity index (χ0) is 10.8. The predicted octanol–water partition coefficient (Wildman–Crippen LogP) is 2.24. The summed E-state index contributed by atoms with van der Waals surface area (Å²) in [5.74, 6) is 1.15. The molecule has 0 radical (unpaired) electrons. The van der Waals surface area contributed by atoms with Gasteiger partial charge < -0.3 is 5.73 Å². The van der Waals surface area contributed by atoms with E-state index in [0.717, 1.165) is 5.56 Å². The Bertz CT molecular complexity index is 481. The van der Waals surface area contributed by atoms with Crippen LogP contribution in [-0.4, -0.2) is 15.2 Å². The second-order valence-electron chi connectivity index (χ2n) is 2.93. The van der Waals surface area contributed by atoms with E-state index in [2.05, 4.69) is 15.2 Å². The number of benzene rings is 1. The lowest BCUT2D eigenvalue weighted by Gasteiger charge is -1.98. The van der Waals surface area contributed by atoms with E-state index in [-0.39, 0.29) is 0 Å². The molecule has 6 heteroatoms. The molecular formula is C9H8Cl2N4. The summed E-state index contributed by atoms with van der Waals surface area (Å²) in [5.41, 5.74) is 6.15. The van der Waals surface area contributed by atoms with Crippen LogP contribution in [0.4, 0.5) is 0 Å². The van der Waals surface area contributed by atoms with Crippen LogP contribution in [0, 0.1) is 0 Å². The first-order valence-corrected chi connectivity index (χ1v) is 5.03. The Morgan fingerprint density at radius 1 is 1.33 bits per heavy atom. The fourth-order valence-electron chi connectivity index (χ4n) is 1.18. The number of halogens is 2. The first-order valence-electron chi connectivity index (χ1n) is 4.27. The molecule has 2 rings (SSSR count). The number of rotatable bonds is 2. The summed E-state index contributed by atoms with van der Waals surface area (Å²) in [6.07, 6.45) is 0. The van der Waals surface area contributed by atoms with Crippen LogP contribution in [0.15, 0.2) is 18.2 Å². The number of aromatic amines is 1. The zero-order valence-electron chi connectivity index (χ0n) is 7.67. The summed E-state index contributed by atoms with van der Waals surface area (Å²) in [5, 5.41) is 7.82. The van der Waals surface area contributed by atoms with Gasteiger partial charge in [0.1, 0.15) is 5.82 Å². The summed E-state index contributed by atoms with van der Waals surface area (Å²) in [6.45, 7) is 0.318. The van der Waals surface area contributed by atoms with Crippen LogP contribution in [0.3, 0.4) is 0 Å². The summed E-state index contributed by atoms with van der Waals surface area (Å²) in [6, 6.07) is 5.16. The molecule has 0 fully saturated rings. The van der Waals surface area contributed by atoms with Gasteiger partial charge in [0.05, 0.1) is 11.6 Å². The third-order valence-corrected chi connectivity index (χ3v) is 2.44. The smallest absolute Gasteiger partial charge is 0.182 e. The van der Waals surface area contributed by atoms with Crippen molar-refractivity contribution in [1.29, 1.82) is 0 Å². The monoisotopic (exact) mass is 242 g/mol. The van der Waals surface area contributed by atoms with Gasteiger partial charge in [0, 0.05) is 10.6 Å². The number of hydrogen-bond donors (Lipinski definition) is 2. The van der Waals surface area contributed by atoms with Crippen molar-refractivity contribution in [1.82, 2.24) is 15.2 Å². The lowest BCUT2D eigenvalue weighted by atomic mass is 10.2. The Kier molecular flexibility index (Phi) is 2.90. The fraction of sp³-hybridized carbons (Fsp3) is 0.111. The van der Waals surface area contributed by atoms with E-state index >= 15 is 0 Å². The molecule has 0 spiro atoms. The Morgan fingerprint density at radius 3 is 2.73 bits per heavy atom. The summed E-state index contributed by atoms with van der Waals surface area (Å²) in [4.78, 5) is 4.17. The van der Waals surface area contributed by atoms with Crippen molar-refractivity contribution in [3.63, 3.8) is 0 Å². The van der Waals surface area contributed by atoms with Crippen LogP contribution in [0.2, 0.25) is 10.0 Å². The molecule has 0 atom stereocenters. The van der Waals surface area contributed by atoms with Crippen LogP contribution in [0.1, 0.15) is 5.82 Å². The molecule has 0 bridgehead atoms. The van der Waals surface area contributed by atoms with Gasteiger partial charge in [-0.15, -0.1) is 0 Å². The minimum absolute atomic E-state index is 0.318. The van der Waals surface area contributed by atoms with Gasteiger partial charge >= 0.3 is 0 Å². The van der Waals surface area contributed by atoms with Crippen molar-refractivity contribution in [2.75, 3.05) is 0 Å². The van der Waals surface area contributed by atoms with Crippen molar-refractivity contribution in [2.45, 2.75) is 6.54 Å². The Balaban J connectivity index is 2.44. The summed E-state index contributed by atoms with van der Waals surface area (Å²) >= 11 is 11.8. The quantitative estimate of drug-likeness (QED) is 0.849. The molecule has 0 aliphatic heterocycles. The lowest BCUT2D eigenvalue weighted by Crippen LogP contribution is -1.97. The minimum Gasteiger partial charge on any atom is -0.324 e. The molecule has 78 valence electrons. The number of nitrogens with two attached hydrogens (primary N) is 1. The maximum atomic E-state index is 6.01. The molecule has 0 unspecified atom stereocenters. The van der Waals surface area contributed by atoms with Crippen molar-refractivity contribution >= 4 is 23.2 Å². The Morgan fingerprint density at radius 2 is 2.13 bits per heavy atom. The third kappa shape index (κ3) is 2.12. The molecule has 4 nitrogen and oxygen atoms in total. The molecule has 2 aromatic rings. The second-order valence-corrected chi connectivity index (χ2v) is 3.78. The molecule has 0 aliphatic rings. The van der Waals surface area contributed by atoms with Crippen LogP contribution in [0.5, 0.6) is 0 Å². The lowest BCUT2D eigenvalue weighted by molar-refractivity contribution is 0.917. The minimum atomic E-state index is 0.318. The highest BCUT2D eigenvalue weighted by atomic mass is 35.5. The van der Waals surface area contributed by atoms with E-state index < -0.39 is 0 Å². The fourth-order valence-corrected chi connectivity index (χ4v) is 1.67. The standard InChI is InChI=1S/C9H8Cl2N4/c10-5-1-2-6(7(11)3-5)9-13-8(4-12)14-15-9/h1-3H,4,12H2,(H,13,14,15). The summed E-state index contributed by atoms with van der Waals surface area (Å²) < 4.78 is 0. The van der Waals surface area contributed by atoms with Crippen LogP contribution in [0.25, 0.3) is 11.4 Å². The van der Waals surface area contributed by atoms with Crippen LogP contribution >= 0.6 is 23.2 Å². The van der Waals surface area contributed by atoms with E-state index in [9.17, 15) is 0 Å². The number of H-pyrrole nitrogens is 1. The average molecular weight is 243 g/mol. The van der Waals surface area contributed by atoms with Crippen molar-refractivity contribution in [3.8, 4) is 11.4 Å². The van der Waals surface area contributed by atoms with Gasteiger partial charge in [-0.05, 0) is 18.2 Å². The molecule has 0 amide bonds. The summed E-state index contributed by atoms with van der Waals surface area (Å²) in [7, 11) is 0. The van der Waals surface area contributed by atoms with Gasteiger partial charge in [-0.25, -0.2) is 4.98 Å². The van der Waals surface area contributed by atoms with Gasteiger partial charge in [0.15, 0.2) is 5.82 Å². The predicted molar refractivity (Wildman–Crippen MR) is 59.7 cm³/mol. The number of nitrogens with one attached hydrogen (secondary N) is 1. The molecule has 1 heterocycles. The van der Waals surface area contributed by atoms with Crippen LogP contribution < -0.4 is 5.73 Å². The first kappa shape index (κ1) is 10.4.